The van der Waals surface area contributed by atoms with Crippen molar-refractivity contribution in [3.05, 3.63) is 59.9 Å². The number of rotatable bonds is 7. The van der Waals surface area contributed by atoms with Crippen molar-refractivity contribution in [2.24, 2.45) is 0 Å². The maximum atomic E-state index is 13.9. The Bertz CT molecular complexity index is 1080. The van der Waals surface area contributed by atoms with Crippen LogP contribution in [0, 0.1) is 5.82 Å². The number of para-hydroxylation sites is 1. The van der Waals surface area contributed by atoms with Gasteiger partial charge in [-0.15, -0.1) is 0 Å². The van der Waals surface area contributed by atoms with Gasteiger partial charge in [-0.3, -0.25) is 14.4 Å². The maximum absolute atomic E-state index is 13.9. The van der Waals surface area contributed by atoms with Gasteiger partial charge in [0, 0.05) is 30.7 Å². The number of hydrogen-bond acceptors (Lipinski definition) is 5. The van der Waals surface area contributed by atoms with Crippen LogP contribution in [0.1, 0.15) is 42.5 Å². The van der Waals surface area contributed by atoms with E-state index in [1.165, 1.54) is 42.8 Å². The van der Waals surface area contributed by atoms with E-state index in [1.807, 2.05) is 0 Å². The molecule has 0 aromatic heterocycles. The molecule has 1 heterocycles. The highest BCUT2D eigenvalue weighted by molar-refractivity contribution is 7.92. The van der Waals surface area contributed by atoms with E-state index in [0.717, 1.165) is 38.8 Å². The van der Waals surface area contributed by atoms with Crippen molar-refractivity contribution in [1.29, 1.82) is 0 Å². The van der Waals surface area contributed by atoms with Gasteiger partial charge < -0.3 is 10.1 Å². The summed E-state index contributed by atoms with van der Waals surface area (Å²) < 4.78 is 47.2. The van der Waals surface area contributed by atoms with Crippen LogP contribution in [0.5, 0.6) is 0 Å². The standard InChI is InChI=1S/C24H30FN3O4S/c25-21-9-2-3-10-22(21)27-33(30,31)20-8-6-7-19(17-20)23(29)26-18-24(11-4-1-5-12-24)28-13-15-32-16-14-28/h2-3,6-10,17,27H,1,4-5,11-16,18H2,(H,26,29). The molecule has 0 spiro atoms. The SMILES string of the molecule is O=C(NCC1(N2CCOCC2)CCCCC1)c1cccc(S(=O)(=O)Nc2ccccc2F)c1. The molecule has 0 radical (unpaired) electrons. The predicted octanol–water partition coefficient (Wildman–Crippen LogP) is 3.39. The number of benzene rings is 2. The zero-order chi connectivity index (χ0) is 23.3. The van der Waals surface area contributed by atoms with E-state index in [0.29, 0.717) is 19.8 Å². The highest BCUT2D eigenvalue weighted by Gasteiger charge is 2.38. The van der Waals surface area contributed by atoms with Crippen molar-refractivity contribution in [1.82, 2.24) is 10.2 Å². The van der Waals surface area contributed by atoms with Gasteiger partial charge in [-0.25, -0.2) is 12.8 Å². The number of morpholine rings is 1. The highest BCUT2D eigenvalue weighted by Crippen LogP contribution is 2.34. The largest absolute Gasteiger partial charge is 0.379 e. The molecule has 2 aliphatic rings. The number of hydrogen-bond donors (Lipinski definition) is 2. The van der Waals surface area contributed by atoms with Crippen LogP contribution < -0.4 is 10.0 Å². The lowest BCUT2D eigenvalue weighted by molar-refractivity contribution is -0.0361. The number of carbonyl (C=O) groups excluding carboxylic acids is 1. The van der Waals surface area contributed by atoms with Crippen molar-refractivity contribution in [2.45, 2.75) is 42.5 Å². The Balaban J connectivity index is 1.47. The Morgan fingerprint density at radius 3 is 2.48 bits per heavy atom. The Morgan fingerprint density at radius 1 is 1.03 bits per heavy atom. The van der Waals surface area contributed by atoms with Gasteiger partial charge in [-0.05, 0) is 43.2 Å². The lowest BCUT2D eigenvalue weighted by Crippen LogP contribution is -2.59. The minimum Gasteiger partial charge on any atom is -0.379 e. The van der Waals surface area contributed by atoms with Gasteiger partial charge in [0.1, 0.15) is 5.82 Å². The lowest BCUT2D eigenvalue weighted by Gasteiger charge is -2.48. The average Bonchev–Trinajstić information content (AvgIpc) is 2.85. The fourth-order valence-electron chi connectivity index (χ4n) is 4.75. The van der Waals surface area contributed by atoms with Gasteiger partial charge in [0.25, 0.3) is 15.9 Å². The summed E-state index contributed by atoms with van der Waals surface area (Å²) >= 11 is 0. The quantitative estimate of drug-likeness (QED) is 0.641. The average molecular weight is 476 g/mol. The van der Waals surface area contributed by atoms with E-state index in [1.54, 1.807) is 12.1 Å². The zero-order valence-corrected chi connectivity index (χ0v) is 19.4. The monoisotopic (exact) mass is 475 g/mol. The molecule has 1 aliphatic heterocycles. The lowest BCUT2D eigenvalue weighted by atomic mass is 9.79. The second-order valence-corrected chi connectivity index (χ2v) is 10.4. The molecule has 2 N–H and O–H groups in total. The van der Waals surface area contributed by atoms with E-state index in [4.69, 9.17) is 4.74 Å². The van der Waals surface area contributed by atoms with E-state index in [9.17, 15) is 17.6 Å². The van der Waals surface area contributed by atoms with Crippen molar-refractivity contribution >= 4 is 21.6 Å². The summed E-state index contributed by atoms with van der Waals surface area (Å²) in [7, 11) is -4.05. The van der Waals surface area contributed by atoms with Crippen LogP contribution in [-0.4, -0.2) is 57.6 Å². The molecule has 2 fully saturated rings. The fourth-order valence-corrected chi connectivity index (χ4v) is 5.86. The molecule has 0 atom stereocenters. The summed E-state index contributed by atoms with van der Waals surface area (Å²) in [6.45, 7) is 3.61. The number of carbonyl (C=O) groups is 1. The van der Waals surface area contributed by atoms with Crippen molar-refractivity contribution < 1.29 is 22.3 Å². The molecule has 9 heteroatoms. The number of ether oxygens (including phenoxy) is 1. The van der Waals surface area contributed by atoms with Crippen LogP contribution >= 0.6 is 0 Å². The summed E-state index contributed by atoms with van der Waals surface area (Å²) in [5, 5.41) is 3.05. The Hall–Kier alpha value is -2.49. The van der Waals surface area contributed by atoms with E-state index in [2.05, 4.69) is 14.9 Å². The van der Waals surface area contributed by atoms with Gasteiger partial charge in [-0.1, -0.05) is 37.5 Å². The van der Waals surface area contributed by atoms with Crippen LogP contribution in [0.4, 0.5) is 10.1 Å². The number of anilines is 1. The fraction of sp³-hybridized carbons (Fsp3) is 0.458. The summed E-state index contributed by atoms with van der Waals surface area (Å²) in [6, 6.07) is 11.4. The van der Waals surface area contributed by atoms with Crippen LogP contribution in [0.25, 0.3) is 0 Å². The van der Waals surface area contributed by atoms with Crippen LogP contribution in [-0.2, 0) is 14.8 Å². The smallest absolute Gasteiger partial charge is 0.262 e. The number of nitrogens with zero attached hydrogens (tertiary/aromatic N) is 1. The van der Waals surface area contributed by atoms with Crippen molar-refractivity contribution in [3.63, 3.8) is 0 Å². The second-order valence-electron chi connectivity index (χ2n) is 8.68. The molecular formula is C24H30FN3O4S. The van der Waals surface area contributed by atoms with E-state index >= 15 is 0 Å². The van der Waals surface area contributed by atoms with Crippen LogP contribution in [0.3, 0.4) is 0 Å². The van der Waals surface area contributed by atoms with Gasteiger partial charge in [-0.2, -0.15) is 0 Å². The molecule has 7 nitrogen and oxygen atoms in total. The first-order valence-corrected chi connectivity index (χ1v) is 12.9. The predicted molar refractivity (Wildman–Crippen MR) is 124 cm³/mol. The third-order valence-electron chi connectivity index (χ3n) is 6.57. The van der Waals surface area contributed by atoms with Crippen LogP contribution in [0.2, 0.25) is 0 Å². The molecule has 178 valence electrons. The molecule has 1 saturated carbocycles. The molecule has 1 aliphatic carbocycles. The topological polar surface area (TPSA) is 87.7 Å². The molecule has 0 unspecified atom stereocenters. The minimum atomic E-state index is -4.05. The van der Waals surface area contributed by atoms with Gasteiger partial charge >= 0.3 is 0 Å². The number of nitrogens with one attached hydrogen (secondary N) is 2. The van der Waals surface area contributed by atoms with Crippen molar-refractivity contribution in [2.75, 3.05) is 37.6 Å². The van der Waals surface area contributed by atoms with Gasteiger partial charge in [0.05, 0.1) is 23.8 Å². The summed E-state index contributed by atoms with van der Waals surface area (Å²) in [5.74, 6) is -0.994. The third-order valence-corrected chi connectivity index (χ3v) is 7.93. The van der Waals surface area contributed by atoms with Gasteiger partial charge in [0.15, 0.2) is 0 Å². The first kappa shape index (κ1) is 23.7. The summed E-state index contributed by atoms with van der Waals surface area (Å²) in [5.41, 5.74) is 0.0183. The van der Waals surface area contributed by atoms with E-state index < -0.39 is 15.8 Å². The zero-order valence-electron chi connectivity index (χ0n) is 18.6. The molecule has 2 aromatic carbocycles. The second kappa shape index (κ2) is 10.2. The normalized spacial score (nSPS) is 19.1. The Morgan fingerprint density at radius 2 is 1.76 bits per heavy atom. The molecular weight excluding hydrogens is 445 g/mol. The molecule has 0 bridgehead atoms. The molecule has 1 saturated heterocycles. The molecule has 1 amide bonds. The third kappa shape index (κ3) is 5.54. The molecule has 2 aromatic rings. The molecule has 33 heavy (non-hydrogen) atoms. The minimum absolute atomic E-state index is 0.0895. The first-order valence-electron chi connectivity index (χ1n) is 11.4. The first-order chi connectivity index (χ1) is 15.9. The van der Waals surface area contributed by atoms with Crippen molar-refractivity contribution in [3.8, 4) is 0 Å². The van der Waals surface area contributed by atoms with Crippen LogP contribution in [0.15, 0.2) is 53.4 Å². The summed E-state index contributed by atoms with van der Waals surface area (Å²) in [6.07, 6.45) is 5.50. The summed E-state index contributed by atoms with van der Waals surface area (Å²) in [4.78, 5) is 15.3. The number of halogens is 1. The Kier molecular flexibility index (Phi) is 7.31. The molecule has 4 rings (SSSR count). The Labute approximate surface area is 194 Å². The highest BCUT2D eigenvalue weighted by atomic mass is 32.2. The maximum Gasteiger partial charge on any atom is 0.262 e. The van der Waals surface area contributed by atoms with E-state index in [-0.39, 0.29) is 27.6 Å². The number of sulfonamides is 1. The van der Waals surface area contributed by atoms with Gasteiger partial charge in [0.2, 0.25) is 0 Å². The number of amides is 1.